The lowest BCUT2D eigenvalue weighted by atomic mass is 10.0. The second-order valence-electron chi connectivity index (χ2n) is 5.62. The molecule has 0 aliphatic carbocycles. The maximum Gasteiger partial charge on any atom is 0.177 e. The summed E-state index contributed by atoms with van der Waals surface area (Å²) in [5.74, 6) is 0.534. The molecule has 2 heterocycles. The van der Waals surface area contributed by atoms with Gasteiger partial charge in [0.1, 0.15) is 0 Å². The number of rotatable bonds is 4. The molecule has 1 fully saturated rings. The molecule has 102 valence electrons. The van der Waals surface area contributed by atoms with Crippen molar-refractivity contribution in [3.05, 3.63) is 16.7 Å². The molecule has 0 unspecified atom stereocenters. The van der Waals surface area contributed by atoms with Gasteiger partial charge in [-0.2, -0.15) is 0 Å². The molecule has 1 aromatic rings. The summed E-state index contributed by atoms with van der Waals surface area (Å²) in [5, 5.41) is 0. The van der Waals surface area contributed by atoms with E-state index in [9.17, 15) is 0 Å². The lowest BCUT2D eigenvalue weighted by Crippen LogP contribution is -2.35. The third-order valence-corrected chi connectivity index (χ3v) is 4.21. The van der Waals surface area contributed by atoms with E-state index in [0.29, 0.717) is 12.0 Å². The Morgan fingerprint density at radius 2 is 2.06 bits per heavy atom. The molecule has 4 heteroatoms. The molecule has 1 aliphatic rings. The number of piperidine rings is 1. The van der Waals surface area contributed by atoms with Crippen molar-refractivity contribution in [3.8, 4) is 0 Å². The van der Waals surface area contributed by atoms with Crippen LogP contribution in [0, 0.1) is 4.77 Å². The first-order valence-electron chi connectivity index (χ1n) is 7.15. The summed E-state index contributed by atoms with van der Waals surface area (Å²) in [6, 6.07) is 0.592. The first-order chi connectivity index (χ1) is 8.63. The van der Waals surface area contributed by atoms with Crippen LogP contribution < -0.4 is 0 Å². The zero-order valence-corrected chi connectivity index (χ0v) is 12.6. The molecule has 1 saturated heterocycles. The first-order valence-corrected chi connectivity index (χ1v) is 7.56. The Kier molecular flexibility index (Phi) is 4.62. The highest BCUT2D eigenvalue weighted by Crippen LogP contribution is 2.27. The lowest BCUT2D eigenvalue weighted by Gasteiger charge is -2.33. The molecule has 1 aromatic heterocycles. The van der Waals surface area contributed by atoms with Crippen molar-refractivity contribution in [2.75, 3.05) is 19.6 Å². The average Bonchev–Trinajstić information content (AvgIpc) is 2.73. The van der Waals surface area contributed by atoms with E-state index in [0.717, 1.165) is 4.77 Å². The van der Waals surface area contributed by atoms with E-state index in [1.165, 1.54) is 44.6 Å². The van der Waals surface area contributed by atoms with Crippen molar-refractivity contribution in [1.29, 1.82) is 0 Å². The monoisotopic (exact) mass is 267 g/mol. The van der Waals surface area contributed by atoms with Crippen molar-refractivity contribution < 1.29 is 0 Å². The molecule has 1 aliphatic heterocycles. The fourth-order valence-electron chi connectivity index (χ4n) is 2.93. The zero-order chi connectivity index (χ0) is 13.1. The fraction of sp³-hybridized carbons (Fsp3) is 0.786. The molecule has 18 heavy (non-hydrogen) atoms. The fourth-order valence-corrected chi connectivity index (χ4v) is 3.24. The van der Waals surface area contributed by atoms with Crippen molar-refractivity contribution in [2.24, 2.45) is 0 Å². The second-order valence-corrected chi connectivity index (χ2v) is 6.00. The molecule has 0 bridgehead atoms. The van der Waals surface area contributed by atoms with Crippen LogP contribution in [0.1, 0.15) is 57.7 Å². The van der Waals surface area contributed by atoms with Crippen LogP contribution in [0.25, 0.3) is 0 Å². The first kappa shape index (κ1) is 13.8. The molecule has 1 N–H and O–H groups in total. The summed E-state index contributed by atoms with van der Waals surface area (Å²) in [6.45, 7) is 10.4. The highest BCUT2D eigenvalue weighted by molar-refractivity contribution is 7.71. The molecule has 0 atom stereocenters. The van der Waals surface area contributed by atoms with Gasteiger partial charge in [-0.1, -0.05) is 20.8 Å². The van der Waals surface area contributed by atoms with Gasteiger partial charge in [0.15, 0.2) is 4.77 Å². The smallest absolute Gasteiger partial charge is 0.177 e. The Morgan fingerprint density at radius 3 is 2.61 bits per heavy atom. The topological polar surface area (TPSA) is 24.0 Å². The van der Waals surface area contributed by atoms with Gasteiger partial charge in [0, 0.05) is 31.0 Å². The largest absolute Gasteiger partial charge is 0.337 e. The third-order valence-electron chi connectivity index (χ3n) is 3.89. The van der Waals surface area contributed by atoms with E-state index in [1.54, 1.807) is 0 Å². The number of hydrogen-bond acceptors (Lipinski definition) is 2. The summed E-state index contributed by atoms with van der Waals surface area (Å²) in [5.41, 5.74) is 1.36. The normalized spacial score (nSPS) is 18.7. The quantitative estimate of drug-likeness (QED) is 0.841. The van der Waals surface area contributed by atoms with E-state index >= 15 is 0 Å². The Bertz CT molecular complexity index is 424. The van der Waals surface area contributed by atoms with Gasteiger partial charge in [0.25, 0.3) is 0 Å². The Labute approximate surface area is 115 Å². The molecular formula is C14H25N3S. The summed E-state index contributed by atoms with van der Waals surface area (Å²) in [7, 11) is 0. The molecule has 3 nitrogen and oxygen atoms in total. The summed E-state index contributed by atoms with van der Waals surface area (Å²) >= 11 is 5.45. The van der Waals surface area contributed by atoms with Gasteiger partial charge < -0.3 is 14.5 Å². The van der Waals surface area contributed by atoms with Gasteiger partial charge in [0.2, 0.25) is 0 Å². The van der Waals surface area contributed by atoms with Crippen LogP contribution in [0.4, 0.5) is 0 Å². The third kappa shape index (κ3) is 2.86. The van der Waals surface area contributed by atoms with Crippen LogP contribution in [0.15, 0.2) is 6.20 Å². The summed E-state index contributed by atoms with van der Waals surface area (Å²) in [6.07, 6.45) is 5.80. The molecule has 0 amide bonds. The SMILES string of the molecule is CCCN1CCC(n2c(C(C)C)c[nH]c2=S)CC1. The number of aromatic nitrogens is 2. The van der Waals surface area contributed by atoms with E-state index in [-0.39, 0.29) is 0 Å². The van der Waals surface area contributed by atoms with Crippen LogP contribution in [0.5, 0.6) is 0 Å². The Morgan fingerprint density at radius 1 is 1.39 bits per heavy atom. The van der Waals surface area contributed by atoms with Crippen LogP contribution in [0.3, 0.4) is 0 Å². The highest BCUT2D eigenvalue weighted by Gasteiger charge is 2.22. The minimum Gasteiger partial charge on any atom is -0.337 e. The number of hydrogen-bond donors (Lipinski definition) is 1. The average molecular weight is 267 g/mol. The predicted molar refractivity (Wildman–Crippen MR) is 78.7 cm³/mol. The summed E-state index contributed by atoms with van der Waals surface area (Å²) in [4.78, 5) is 5.79. The number of imidazole rings is 1. The highest BCUT2D eigenvalue weighted by atomic mass is 32.1. The molecular weight excluding hydrogens is 242 g/mol. The molecule has 0 aromatic carbocycles. The number of nitrogens with one attached hydrogen (secondary N) is 1. The van der Waals surface area contributed by atoms with Gasteiger partial charge in [0.05, 0.1) is 0 Å². The minimum atomic E-state index is 0.534. The van der Waals surface area contributed by atoms with Crippen molar-refractivity contribution in [1.82, 2.24) is 14.5 Å². The number of aromatic amines is 1. The molecule has 0 radical (unpaired) electrons. The predicted octanol–water partition coefficient (Wildman–Crippen LogP) is 3.72. The van der Waals surface area contributed by atoms with Gasteiger partial charge in [-0.05, 0) is 43.9 Å². The van der Waals surface area contributed by atoms with E-state index in [1.807, 2.05) is 0 Å². The Balaban J connectivity index is 2.10. The van der Waals surface area contributed by atoms with E-state index in [4.69, 9.17) is 12.2 Å². The molecule has 0 spiro atoms. The Hall–Kier alpha value is -0.610. The van der Waals surface area contributed by atoms with E-state index in [2.05, 4.69) is 41.4 Å². The standard InChI is InChI=1S/C14H25N3S/c1-4-7-16-8-5-12(6-9-16)17-13(11(2)3)10-15-14(17)18/h10-12H,4-9H2,1-3H3,(H,15,18). The van der Waals surface area contributed by atoms with Crippen LogP contribution in [0.2, 0.25) is 0 Å². The van der Waals surface area contributed by atoms with Gasteiger partial charge in [-0.15, -0.1) is 0 Å². The van der Waals surface area contributed by atoms with E-state index < -0.39 is 0 Å². The summed E-state index contributed by atoms with van der Waals surface area (Å²) < 4.78 is 3.26. The molecule has 2 rings (SSSR count). The van der Waals surface area contributed by atoms with Gasteiger partial charge >= 0.3 is 0 Å². The second kappa shape index (κ2) is 6.02. The van der Waals surface area contributed by atoms with Crippen molar-refractivity contribution in [2.45, 2.75) is 52.0 Å². The molecule has 0 saturated carbocycles. The van der Waals surface area contributed by atoms with Crippen LogP contribution in [-0.4, -0.2) is 34.1 Å². The van der Waals surface area contributed by atoms with Crippen LogP contribution in [-0.2, 0) is 0 Å². The number of nitrogens with zero attached hydrogens (tertiary/aromatic N) is 2. The van der Waals surface area contributed by atoms with Gasteiger partial charge in [-0.25, -0.2) is 0 Å². The van der Waals surface area contributed by atoms with Crippen LogP contribution >= 0.6 is 12.2 Å². The van der Waals surface area contributed by atoms with Crippen molar-refractivity contribution in [3.63, 3.8) is 0 Å². The number of H-pyrrole nitrogens is 1. The minimum absolute atomic E-state index is 0.534. The maximum absolute atomic E-state index is 5.45. The number of likely N-dealkylation sites (tertiary alicyclic amines) is 1. The maximum atomic E-state index is 5.45. The lowest BCUT2D eigenvalue weighted by molar-refractivity contribution is 0.184. The zero-order valence-electron chi connectivity index (χ0n) is 11.8. The van der Waals surface area contributed by atoms with Crippen molar-refractivity contribution >= 4 is 12.2 Å². The van der Waals surface area contributed by atoms with Gasteiger partial charge in [-0.3, -0.25) is 0 Å².